The monoisotopic (exact) mass is 482 g/mol. The Kier molecular flexibility index (Phi) is 6.46. The zero-order valence-electron chi connectivity index (χ0n) is 18.7. The highest BCUT2D eigenvalue weighted by atomic mass is 35.5. The first-order valence-corrected chi connectivity index (χ1v) is 12.4. The van der Waals surface area contributed by atoms with E-state index in [1.807, 2.05) is 27.9 Å². The maximum absolute atomic E-state index is 12.8. The molecule has 0 bridgehead atoms. The average molecular weight is 483 g/mol. The third-order valence-corrected chi connectivity index (χ3v) is 7.44. The van der Waals surface area contributed by atoms with Gasteiger partial charge in [-0.05, 0) is 67.6 Å². The summed E-state index contributed by atoms with van der Waals surface area (Å²) in [6.07, 6.45) is 8.19. The third kappa shape index (κ3) is 4.54. The minimum atomic E-state index is -0.0287. The molecule has 2 aromatic carbocycles. The Bertz CT molecular complexity index is 1210. The fourth-order valence-corrected chi connectivity index (χ4v) is 5.50. The molecule has 1 amide bonds. The molecule has 1 fully saturated rings. The van der Waals surface area contributed by atoms with Crippen LogP contribution in [0.25, 0.3) is 16.5 Å². The molecule has 1 aromatic heterocycles. The van der Waals surface area contributed by atoms with Crippen LogP contribution in [-0.2, 0) is 4.79 Å². The van der Waals surface area contributed by atoms with E-state index >= 15 is 0 Å². The van der Waals surface area contributed by atoms with Crippen LogP contribution in [-0.4, -0.2) is 46.3 Å². The Morgan fingerprint density at radius 1 is 1.18 bits per heavy atom. The average Bonchev–Trinajstić information content (AvgIpc) is 3.27. The van der Waals surface area contributed by atoms with Gasteiger partial charge in [-0.1, -0.05) is 53.9 Å². The number of amides is 1. The maximum atomic E-state index is 12.8. The number of hydrogen-bond acceptors (Lipinski definition) is 3. The molecule has 2 atom stereocenters. The number of piperidine rings is 1. The second-order valence-corrected chi connectivity index (χ2v) is 9.81. The maximum Gasteiger partial charge on any atom is 0.239 e. The molecule has 172 valence electrons. The topological polar surface area (TPSA) is 50.2 Å². The van der Waals surface area contributed by atoms with Gasteiger partial charge in [0.1, 0.15) is 0 Å². The van der Waals surface area contributed by atoms with Gasteiger partial charge in [0.25, 0.3) is 0 Å². The van der Waals surface area contributed by atoms with E-state index in [2.05, 4.69) is 41.6 Å². The van der Waals surface area contributed by atoms with Crippen LogP contribution in [0.5, 0.6) is 0 Å². The minimum absolute atomic E-state index is 0.0134. The number of aromatic nitrogens is 2. The first-order valence-electron chi connectivity index (χ1n) is 11.6. The number of hydrogen-bond donors (Lipinski definition) is 1. The lowest BCUT2D eigenvalue weighted by Crippen LogP contribution is -2.49. The molecule has 1 N–H and O–H groups in total. The van der Waals surface area contributed by atoms with Gasteiger partial charge >= 0.3 is 0 Å². The van der Waals surface area contributed by atoms with E-state index in [1.54, 1.807) is 6.07 Å². The second kappa shape index (κ2) is 9.49. The van der Waals surface area contributed by atoms with Gasteiger partial charge in [-0.25, -0.2) is 0 Å². The molecule has 5 nitrogen and oxygen atoms in total. The smallest absolute Gasteiger partial charge is 0.239 e. The fourth-order valence-electron chi connectivity index (χ4n) is 4.93. The first kappa shape index (κ1) is 22.5. The van der Waals surface area contributed by atoms with Crippen LogP contribution in [0.2, 0.25) is 10.0 Å². The van der Waals surface area contributed by atoms with E-state index in [9.17, 15) is 4.79 Å². The summed E-state index contributed by atoms with van der Waals surface area (Å²) in [5, 5.41) is 10.4. The van der Waals surface area contributed by atoms with Crippen molar-refractivity contribution in [2.75, 3.05) is 19.6 Å². The number of halogens is 2. The van der Waals surface area contributed by atoms with Gasteiger partial charge in [0.15, 0.2) is 0 Å². The van der Waals surface area contributed by atoms with E-state index < -0.39 is 0 Å². The van der Waals surface area contributed by atoms with Crippen molar-refractivity contribution >= 4 is 45.6 Å². The van der Waals surface area contributed by atoms with Crippen molar-refractivity contribution in [3.63, 3.8) is 0 Å². The zero-order chi connectivity index (χ0) is 22.9. The van der Waals surface area contributed by atoms with Crippen molar-refractivity contribution in [1.29, 1.82) is 0 Å². The summed E-state index contributed by atoms with van der Waals surface area (Å²) in [6, 6.07) is 12.0. The molecule has 7 heteroatoms. The summed E-state index contributed by atoms with van der Waals surface area (Å²) in [6.45, 7) is 4.47. The standard InChI is InChI=1S/C26H28Cl2N4O/c1-17(22-8-7-21(27)15-23(22)28)32-25-14-19(5-6-20(25)16-30-32)18-9-12-31(13-10-18)26(33)24-4-2-3-11-29-24/h5-9,14-17,24,29H,2-4,10-13H2,1H3. The lowest BCUT2D eigenvalue weighted by Gasteiger charge is -2.32. The Morgan fingerprint density at radius 3 is 2.79 bits per heavy atom. The molecule has 0 spiro atoms. The molecular weight excluding hydrogens is 455 g/mol. The van der Waals surface area contributed by atoms with Crippen molar-refractivity contribution in [2.45, 2.75) is 44.7 Å². The van der Waals surface area contributed by atoms with Gasteiger partial charge in [0.05, 0.1) is 23.8 Å². The number of nitrogens with zero attached hydrogens (tertiary/aromatic N) is 3. The molecule has 2 aliphatic heterocycles. The Hall–Kier alpha value is -2.34. The van der Waals surface area contributed by atoms with Gasteiger partial charge in [-0.2, -0.15) is 5.10 Å². The summed E-state index contributed by atoms with van der Waals surface area (Å²) in [7, 11) is 0. The van der Waals surface area contributed by atoms with Crippen LogP contribution in [0.1, 0.15) is 49.8 Å². The second-order valence-electron chi connectivity index (χ2n) is 8.97. The molecule has 2 unspecified atom stereocenters. The number of carbonyl (C=O) groups is 1. The molecule has 3 aromatic rings. The highest BCUT2D eigenvalue weighted by Gasteiger charge is 2.27. The molecule has 3 heterocycles. The van der Waals surface area contributed by atoms with Crippen molar-refractivity contribution in [3.8, 4) is 0 Å². The van der Waals surface area contributed by atoms with Gasteiger partial charge in [0, 0.05) is 28.5 Å². The van der Waals surface area contributed by atoms with Gasteiger partial charge in [-0.15, -0.1) is 0 Å². The van der Waals surface area contributed by atoms with E-state index in [0.717, 1.165) is 55.2 Å². The number of fused-ring (bicyclic) bond motifs is 1. The summed E-state index contributed by atoms with van der Waals surface area (Å²) in [5.41, 5.74) is 4.51. The van der Waals surface area contributed by atoms with Crippen LogP contribution in [0.4, 0.5) is 0 Å². The van der Waals surface area contributed by atoms with Gasteiger partial charge < -0.3 is 10.2 Å². The van der Waals surface area contributed by atoms with Crippen LogP contribution >= 0.6 is 23.2 Å². The van der Waals surface area contributed by atoms with Crippen molar-refractivity contribution in [1.82, 2.24) is 20.0 Å². The van der Waals surface area contributed by atoms with E-state index in [1.165, 1.54) is 11.1 Å². The van der Waals surface area contributed by atoms with Crippen LogP contribution in [0, 0.1) is 0 Å². The number of benzene rings is 2. The van der Waals surface area contributed by atoms with Gasteiger partial charge in [0.2, 0.25) is 5.91 Å². The lowest BCUT2D eigenvalue weighted by atomic mass is 9.97. The molecule has 0 saturated carbocycles. The van der Waals surface area contributed by atoms with E-state index in [4.69, 9.17) is 23.2 Å². The highest BCUT2D eigenvalue weighted by molar-refractivity contribution is 6.35. The molecule has 1 saturated heterocycles. The lowest BCUT2D eigenvalue weighted by molar-refractivity contribution is -0.133. The van der Waals surface area contributed by atoms with Crippen molar-refractivity contribution in [3.05, 3.63) is 69.8 Å². The van der Waals surface area contributed by atoms with E-state index in [-0.39, 0.29) is 18.0 Å². The molecule has 2 aliphatic rings. The Balaban J connectivity index is 1.37. The van der Waals surface area contributed by atoms with Gasteiger partial charge in [-0.3, -0.25) is 9.48 Å². The summed E-state index contributed by atoms with van der Waals surface area (Å²) in [5.74, 6) is 0.243. The molecule has 0 radical (unpaired) electrons. The molecular formula is C26H28Cl2N4O. The largest absolute Gasteiger partial charge is 0.337 e. The van der Waals surface area contributed by atoms with E-state index in [0.29, 0.717) is 16.6 Å². The number of carbonyl (C=O) groups excluding carboxylic acids is 1. The Morgan fingerprint density at radius 2 is 2.06 bits per heavy atom. The number of rotatable bonds is 4. The van der Waals surface area contributed by atoms with Crippen molar-refractivity contribution in [2.24, 2.45) is 0 Å². The molecule has 33 heavy (non-hydrogen) atoms. The molecule has 5 rings (SSSR count). The van der Waals surface area contributed by atoms with Crippen LogP contribution in [0.15, 0.2) is 48.7 Å². The highest BCUT2D eigenvalue weighted by Crippen LogP contribution is 2.32. The zero-order valence-corrected chi connectivity index (χ0v) is 20.2. The summed E-state index contributed by atoms with van der Waals surface area (Å²) >= 11 is 12.6. The predicted octanol–water partition coefficient (Wildman–Crippen LogP) is 5.71. The summed E-state index contributed by atoms with van der Waals surface area (Å²) in [4.78, 5) is 14.8. The quantitative estimate of drug-likeness (QED) is 0.517. The minimum Gasteiger partial charge on any atom is -0.337 e. The first-order chi connectivity index (χ1) is 16.0. The SMILES string of the molecule is CC(c1ccc(Cl)cc1Cl)n1ncc2ccc(C3=CCN(C(=O)C4CCCCN4)CC3)cc21. The van der Waals surface area contributed by atoms with Crippen LogP contribution < -0.4 is 5.32 Å². The van der Waals surface area contributed by atoms with Crippen molar-refractivity contribution < 1.29 is 4.79 Å². The Labute approximate surface area is 204 Å². The normalized spacial score (nSPS) is 20.0. The van der Waals surface area contributed by atoms with Crippen LogP contribution in [0.3, 0.4) is 0 Å². The predicted molar refractivity (Wildman–Crippen MR) is 135 cm³/mol. The molecule has 0 aliphatic carbocycles. The summed E-state index contributed by atoms with van der Waals surface area (Å²) < 4.78 is 2.02. The number of nitrogens with one attached hydrogen (secondary N) is 1. The third-order valence-electron chi connectivity index (χ3n) is 6.88. The fraction of sp³-hybridized carbons (Fsp3) is 0.385.